The molecule has 31 heavy (non-hydrogen) atoms. The number of ether oxygens (including phenoxy) is 1. The number of nitrogens with zero attached hydrogens (tertiary/aromatic N) is 1. The number of rotatable bonds is 7. The predicted octanol–water partition coefficient (Wildman–Crippen LogP) is 3.09. The topological polar surface area (TPSA) is 102 Å². The third-order valence-corrected chi connectivity index (χ3v) is 6.45. The summed E-state index contributed by atoms with van der Waals surface area (Å²) < 4.78 is 5.17. The molecule has 0 aliphatic heterocycles. The summed E-state index contributed by atoms with van der Waals surface area (Å²) in [6.07, 6.45) is 5.73. The Hall–Kier alpha value is -3.13. The number of fused-ring (bicyclic) bond motifs is 1. The first-order valence-corrected chi connectivity index (χ1v) is 10.9. The number of carbonyl (C=O) groups is 3. The lowest BCUT2D eigenvalue weighted by Crippen LogP contribution is -2.34. The van der Waals surface area contributed by atoms with Crippen molar-refractivity contribution in [3.63, 3.8) is 0 Å². The van der Waals surface area contributed by atoms with Crippen LogP contribution in [0.3, 0.4) is 0 Å². The fourth-order valence-electron chi connectivity index (χ4n) is 3.60. The Labute approximate surface area is 185 Å². The molecule has 3 rings (SSSR count). The molecule has 1 unspecified atom stereocenters. The van der Waals surface area contributed by atoms with E-state index in [1.54, 1.807) is 26.3 Å². The van der Waals surface area contributed by atoms with Gasteiger partial charge in [-0.1, -0.05) is 19.1 Å². The van der Waals surface area contributed by atoms with Gasteiger partial charge in [-0.05, 0) is 54.5 Å². The maximum absolute atomic E-state index is 12.5. The molecular formula is C23H27N3O4S. The third kappa shape index (κ3) is 5.52. The SMILES string of the molecule is COc1cccc(/C=C/C(=O)N(C)CC(=O)Nc2sc3c(c2C(N)=O)CCC(C)C3)c1. The number of anilines is 1. The summed E-state index contributed by atoms with van der Waals surface area (Å²) in [5.74, 6) is 0.0105. The molecule has 164 valence electrons. The Morgan fingerprint density at radius 3 is 2.84 bits per heavy atom. The molecule has 0 saturated heterocycles. The van der Waals surface area contributed by atoms with Crippen molar-refractivity contribution in [2.45, 2.75) is 26.2 Å². The van der Waals surface area contributed by atoms with Crippen LogP contribution in [-0.2, 0) is 22.4 Å². The molecule has 1 aliphatic carbocycles. The fourth-order valence-corrected chi connectivity index (χ4v) is 5.03. The molecule has 0 spiro atoms. The number of methoxy groups -OCH3 is 1. The van der Waals surface area contributed by atoms with Gasteiger partial charge in [0.2, 0.25) is 11.8 Å². The highest BCUT2D eigenvalue weighted by Crippen LogP contribution is 2.39. The first-order valence-electron chi connectivity index (χ1n) is 10.1. The highest BCUT2D eigenvalue weighted by Gasteiger charge is 2.27. The van der Waals surface area contributed by atoms with E-state index < -0.39 is 5.91 Å². The van der Waals surface area contributed by atoms with Gasteiger partial charge in [0.05, 0.1) is 19.2 Å². The second-order valence-electron chi connectivity index (χ2n) is 7.77. The van der Waals surface area contributed by atoms with Crippen molar-refractivity contribution in [2.75, 3.05) is 26.0 Å². The van der Waals surface area contributed by atoms with E-state index >= 15 is 0 Å². The molecular weight excluding hydrogens is 414 g/mol. The molecule has 1 aromatic carbocycles. The zero-order valence-electron chi connectivity index (χ0n) is 17.9. The van der Waals surface area contributed by atoms with E-state index in [2.05, 4.69) is 12.2 Å². The number of primary amides is 1. The van der Waals surface area contributed by atoms with Gasteiger partial charge in [-0.3, -0.25) is 14.4 Å². The zero-order chi connectivity index (χ0) is 22.5. The van der Waals surface area contributed by atoms with E-state index in [0.717, 1.165) is 35.3 Å². The predicted molar refractivity (Wildman–Crippen MR) is 122 cm³/mol. The second-order valence-corrected chi connectivity index (χ2v) is 8.88. The standard InChI is InChI=1S/C23H27N3O4S/c1-14-7-9-17-18(11-14)31-23(21(17)22(24)29)25-19(27)13-26(2)20(28)10-8-15-5-4-6-16(12-15)30-3/h4-6,8,10,12,14H,7,9,11,13H2,1-3H3,(H2,24,29)(H,25,27)/b10-8+. The number of nitrogens with one attached hydrogen (secondary N) is 1. The van der Waals surface area contributed by atoms with Crippen LogP contribution in [0.15, 0.2) is 30.3 Å². The fraction of sp³-hybridized carbons (Fsp3) is 0.348. The van der Waals surface area contributed by atoms with Crippen LogP contribution in [0.5, 0.6) is 5.75 Å². The third-order valence-electron chi connectivity index (χ3n) is 5.28. The van der Waals surface area contributed by atoms with E-state index in [1.807, 2.05) is 18.2 Å². The van der Waals surface area contributed by atoms with Gasteiger partial charge in [0.15, 0.2) is 0 Å². The van der Waals surface area contributed by atoms with E-state index in [-0.39, 0.29) is 18.4 Å². The smallest absolute Gasteiger partial charge is 0.251 e. The minimum atomic E-state index is -0.534. The van der Waals surface area contributed by atoms with Crippen molar-refractivity contribution in [2.24, 2.45) is 11.7 Å². The molecule has 8 heteroatoms. The van der Waals surface area contributed by atoms with Crippen LogP contribution >= 0.6 is 11.3 Å². The first-order chi connectivity index (χ1) is 14.8. The van der Waals surface area contributed by atoms with Crippen LogP contribution in [-0.4, -0.2) is 43.3 Å². The molecule has 1 heterocycles. The average Bonchev–Trinajstić information content (AvgIpc) is 3.08. The maximum Gasteiger partial charge on any atom is 0.251 e. The lowest BCUT2D eigenvalue weighted by Gasteiger charge is -2.18. The van der Waals surface area contributed by atoms with E-state index in [4.69, 9.17) is 10.5 Å². The molecule has 3 amide bonds. The largest absolute Gasteiger partial charge is 0.497 e. The van der Waals surface area contributed by atoms with Crippen molar-refractivity contribution in [1.82, 2.24) is 4.90 Å². The zero-order valence-corrected chi connectivity index (χ0v) is 18.8. The average molecular weight is 442 g/mol. The van der Waals surface area contributed by atoms with Crippen molar-refractivity contribution < 1.29 is 19.1 Å². The summed E-state index contributed by atoms with van der Waals surface area (Å²) in [7, 11) is 3.13. The first kappa shape index (κ1) is 22.6. The number of carbonyl (C=O) groups excluding carboxylic acids is 3. The lowest BCUT2D eigenvalue weighted by molar-refractivity contribution is -0.129. The number of nitrogens with two attached hydrogens (primary N) is 1. The van der Waals surface area contributed by atoms with Crippen LogP contribution < -0.4 is 15.8 Å². The number of hydrogen-bond donors (Lipinski definition) is 2. The Bertz CT molecular complexity index is 1030. The summed E-state index contributed by atoms with van der Waals surface area (Å²) in [6.45, 7) is 2.03. The van der Waals surface area contributed by atoms with Gasteiger partial charge in [0.1, 0.15) is 10.8 Å². The molecule has 1 aliphatic rings. The van der Waals surface area contributed by atoms with Crippen LogP contribution in [0.1, 0.15) is 39.7 Å². The van der Waals surface area contributed by atoms with Crippen molar-refractivity contribution in [3.8, 4) is 5.75 Å². The molecule has 2 aromatic rings. The van der Waals surface area contributed by atoms with E-state index in [9.17, 15) is 14.4 Å². The van der Waals surface area contributed by atoms with E-state index in [1.165, 1.54) is 22.3 Å². The minimum absolute atomic E-state index is 0.140. The van der Waals surface area contributed by atoms with Crippen LogP contribution in [0.2, 0.25) is 0 Å². The van der Waals surface area contributed by atoms with Crippen molar-refractivity contribution in [3.05, 3.63) is 51.9 Å². The lowest BCUT2D eigenvalue weighted by atomic mass is 9.88. The maximum atomic E-state index is 12.5. The Kier molecular flexibility index (Phi) is 7.12. The van der Waals surface area contributed by atoms with Gasteiger partial charge >= 0.3 is 0 Å². The summed E-state index contributed by atoms with van der Waals surface area (Å²) in [5.41, 5.74) is 7.77. The van der Waals surface area contributed by atoms with Crippen molar-refractivity contribution in [1.29, 1.82) is 0 Å². The van der Waals surface area contributed by atoms with Gasteiger partial charge in [-0.2, -0.15) is 0 Å². The van der Waals surface area contributed by atoms with Gasteiger partial charge in [-0.15, -0.1) is 11.3 Å². The molecule has 0 bridgehead atoms. The van der Waals surface area contributed by atoms with Crippen LogP contribution in [0.25, 0.3) is 6.08 Å². The minimum Gasteiger partial charge on any atom is -0.497 e. The van der Waals surface area contributed by atoms with Gasteiger partial charge in [0, 0.05) is 18.0 Å². The molecule has 0 fully saturated rings. The highest BCUT2D eigenvalue weighted by molar-refractivity contribution is 7.17. The Morgan fingerprint density at radius 1 is 1.35 bits per heavy atom. The number of hydrogen-bond acceptors (Lipinski definition) is 5. The molecule has 7 nitrogen and oxygen atoms in total. The number of thiophene rings is 1. The van der Waals surface area contributed by atoms with E-state index in [0.29, 0.717) is 22.2 Å². The summed E-state index contributed by atoms with van der Waals surface area (Å²) in [4.78, 5) is 39.4. The second kappa shape index (κ2) is 9.78. The Balaban J connectivity index is 1.64. The van der Waals surface area contributed by atoms with Gasteiger partial charge in [0.25, 0.3) is 5.91 Å². The highest BCUT2D eigenvalue weighted by atomic mass is 32.1. The summed E-state index contributed by atoms with van der Waals surface area (Å²) in [6, 6.07) is 7.31. The van der Waals surface area contributed by atoms with Gasteiger partial charge < -0.3 is 20.7 Å². The number of benzene rings is 1. The Morgan fingerprint density at radius 2 is 2.13 bits per heavy atom. The molecule has 1 atom stereocenters. The number of likely N-dealkylation sites (N-methyl/N-ethyl adjacent to an activating group) is 1. The molecule has 1 aromatic heterocycles. The molecule has 0 radical (unpaired) electrons. The number of amides is 3. The van der Waals surface area contributed by atoms with Crippen molar-refractivity contribution >= 4 is 40.1 Å². The summed E-state index contributed by atoms with van der Waals surface area (Å²) in [5, 5.41) is 3.26. The van der Waals surface area contributed by atoms with Crippen LogP contribution in [0.4, 0.5) is 5.00 Å². The van der Waals surface area contributed by atoms with Gasteiger partial charge in [-0.25, -0.2) is 0 Å². The molecule has 3 N–H and O–H groups in total. The molecule has 0 saturated carbocycles. The summed E-state index contributed by atoms with van der Waals surface area (Å²) >= 11 is 1.41. The monoisotopic (exact) mass is 441 g/mol. The quantitative estimate of drug-likeness (QED) is 0.645. The van der Waals surface area contributed by atoms with Crippen LogP contribution in [0, 0.1) is 5.92 Å². The normalized spacial score (nSPS) is 15.4.